The van der Waals surface area contributed by atoms with E-state index in [-0.39, 0.29) is 6.61 Å². The average Bonchev–Trinajstić information content (AvgIpc) is 2.40. The number of hydrogen-bond donors (Lipinski definition) is 0. The summed E-state index contributed by atoms with van der Waals surface area (Å²) >= 11 is 0. The minimum absolute atomic E-state index is 0.284. The van der Waals surface area contributed by atoms with Crippen molar-refractivity contribution in [1.29, 1.82) is 0 Å². The van der Waals surface area contributed by atoms with E-state index in [0.717, 1.165) is 11.1 Å². The zero-order chi connectivity index (χ0) is 14.8. The molecule has 0 heterocycles. The molecule has 0 fully saturated rings. The van der Waals surface area contributed by atoms with E-state index in [9.17, 15) is 5.11 Å². The van der Waals surface area contributed by atoms with E-state index in [4.69, 9.17) is 4.74 Å². The maximum absolute atomic E-state index is 11.0. The molecule has 5 heteroatoms. The summed E-state index contributed by atoms with van der Waals surface area (Å²) in [5, 5.41) is 18.6. The fourth-order valence-electron chi connectivity index (χ4n) is 1.35. The van der Waals surface area contributed by atoms with Crippen molar-refractivity contribution >= 4 is 5.69 Å². The molecule has 106 valence electrons. The first-order chi connectivity index (χ1) is 9.63. The monoisotopic (exact) mass is 274 g/mol. The fourth-order valence-corrected chi connectivity index (χ4v) is 1.35. The highest BCUT2D eigenvalue weighted by molar-refractivity contribution is 5.44. The second-order valence-electron chi connectivity index (χ2n) is 4.11. The highest BCUT2D eigenvalue weighted by atomic mass is 16.6. The second-order valence-corrected chi connectivity index (χ2v) is 4.11. The third kappa shape index (κ3) is 6.09. The Bertz CT molecular complexity index is 496. The Labute approximate surface area is 119 Å². The lowest BCUT2D eigenvalue weighted by molar-refractivity contribution is -0.358. The van der Waals surface area contributed by atoms with Gasteiger partial charge in [0.05, 0.1) is 18.9 Å². The minimum atomic E-state index is -0.632. The quantitative estimate of drug-likeness (QED) is 0.317. The van der Waals surface area contributed by atoms with Gasteiger partial charge in [-0.05, 0) is 19.6 Å². The molecule has 0 atom stereocenters. The van der Waals surface area contributed by atoms with Gasteiger partial charge in [-0.3, -0.25) is 0 Å². The van der Waals surface area contributed by atoms with Crippen molar-refractivity contribution in [2.24, 2.45) is 10.2 Å². The summed E-state index contributed by atoms with van der Waals surface area (Å²) in [5.74, 6) is -0.632. The maximum atomic E-state index is 11.0. The molecular formula is C15H18N2O3. The highest BCUT2D eigenvalue weighted by Gasteiger charge is 2.03. The first-order valence-corrected chi connectivity index (χ1v) is 6.27. The van der Waals surface area contributed by atoms with Crippen molar-refractivity contribution in [1.82, 2.24) is 0 Å². The molecule has 5 nitrogen and oxygen atoms in total. The molecule has 0 bridgehead atoms. The van der Waals surface area contributed by atoms with Crippen LogP contribution >= 0.6 is 0 Å². The van der Waals surface area contributed by atoms with Crippen molar-refractivity contribution < 1.29 is 14.6 Å². The molecule has 1 aromatic carbocycles. The van der Waals surface area contributed by atoms with Crippen molar-refractivity contribution in [3.63, 3.8) is 0 Å². The van der Waals surface area contributed by atoms with E-state index >= 15 is 0 Å². The van der Waals surface area contributed by atoms with E-state index in [0.29, 0.717) is 18.9 Å². The minimum Gasteiger partial charge on any atom is -0.573 e. The average molecular weight is 274 g/mol. The molecule has 0 unspecified atom stereocenters. The third-order valence-corrected chi connectivity index (χ3v) is 2.17. The van der Waals surface area contributed by atoms with Crippen LogP contribution < -0.4 is 5.11 Å². The van der Waals surface area contributed by atoms with Crippen LogP contribution in [-0.4, -0.2) is 13.2 Å². The molecule has 0 saturated carbocycles. The molecular weight excluding hydrogens is 256 g/mol. The van der Waals surface area contributed by atoms with Crippen LogP contribution in [0.15, 0.2) is 52.6 Å². The lowest BCUT2D eigenvalue weighted by Crippen LogP contribution is -2.07. The molecule has 0 aliphatic rings. The van der Waals surface area contributed by atoms with Gasteiger partial charge in [-0.1, -0.05) is 37.3 Å². The van der Waals surface area contributed by atoms with Gasteiger partial charge in [-0.2, -0.15) is 0 Å². The summed E-state index contributed by atoms with van der Waals surface area (Å²) in [6.45, 7) is 8.56. The van der Waals surface area contributed by atoms with E-state index < -0.39 is 5.95 Å². The number of azo groups is 1. The molecule has 0 N–H and O–H groups in total. The topological polar surface area (TPSA) is 66.2 Å². The molecule has 0 radical (unpaired) electrons. The van der Waals surface area contributed by atoms with Gasteiger partial charge in [-0.15, -0.1) is 5.11 Å². The number of hydrogen-bond acceptors (Lipinski definition) is 5. The van der Waals surface area contributed by atoms with Crippen LogP contribution in [0.5, 0.6) is 0 Å². The van der Waals surface area contributed by atoms with Gasteiger partial charge < -0.3 is 14.6 Å². The van der Waals surface area contributed by atoms with E-state index in [1.165, 1.54) is 0 Å². The summed E-state index contributed by atoms with van der Waals surface area (Å²) in [5.41, 5.74) is 2.46. The predicted molar refractivity (Wildman–Crippen MR) is 73.8 cm³/mol. The third-order valence-electron chi connectivity index (χ3n) is 2.17. The Kier molecular flexibility index (Phi) is 6.96. The van der Waals surface area contributed by atoms with Crippen LogP contribution in [0.4, 0.5) is 5.69 Å². The van der Waals surface area contributed by atoms with Crippen molar-refractivity contribution in [2.45, 2.75) is 20.5 Å². The summed E-state index contributed by atoms with van der Waals surface area (Å²) in [6, 6.07) is 7.39. The smallest absolute Gasteiger partial charge is 0.451 e. The summed E-state index contributed by atoms with van der Waals surface area (Å²) in [6.07, 6.45) is 2.18. The van der Waals surface area contributed by atoms with Crippen LogP contribution in [0.2, 0.25) is 0 Å². The zero-order valence-electron chi connectivity index (χ0n) is 11.8. The Morgan fingerprint density at radius 3 is 2.85 bits per heavy atom. The van der Waals surface area contributed by atoms with Gasteiger partial charge in [0.15, 0.2) is 0 Å². The van der Waals surface area contributed by atoms with Crippen molar-refractivity contribution in [3.8, 4) is 0 Å². The van der Waals surface area contributed by atoms with E-state index in [1.807, 2.05) is 25.1 Å². The van der Waals surface area contributed by atoms with Crippen LogP contribution in [0.25, 0.3) is 0 Å². The van der Waals surface area contributed by atoms with Gasteiger partial charge >= 0.3 is 12.1 Å². The number of nitrogens with zero attached hydrogens (tertiary/aromatic N) is 2. The lowest BCUT2D eigenvalue weighted by Gasteiger charge is -2.05. The summed E-state index contributed by atoms with van der Waals surface area (Å²) in [4.78, 5) is 0. The Hall–Kier alpha value is -2.23. The Morgan fingerprint density at radius 2 is 2.15 bits per heavy atom. The summed E-state index contributed by atoms with van der Waals surface area (Å²) in [7, 11) is 0. The highest BCUT2D eigenvalue weighted by Crippen LogP contribution is 2.20. The van der Waals surface area contributed by atoms with Gasteiger partial charge in [-0.25, -0.2) is 0 Å². The molecule has 0 aliphatic carbocycles. The predicted octanol–water partition coefficient (Wildman–Crippen LogP) is 2.86. The fraction of sp³-hybridized carbons (Fsp3) is 0.333. The van der Waals surface area contributed by atoms with Crippen LogP contribution in [0, 0.1) is 6.20 Å². The Balaban J connectivity index is 2.67. The molecule has 0 aromatic heterocycles. The Morgan fingerprint density at radius 1 is 1.40 bits per heavy atom. The lowest BCUT2D eigenvalue weighted by atomic mass is 10.2. The van der Waals surface area contributed by atoms with E-state index in [2.05, 4.69) is 27.7 Å². The molecule has 0 amide bonds. The van der Waals surface area contributed by atoms with Crippen molar-refractivity contribution in [3.05, 3.63) is 54.1 Å². The standard InChI is InChI=1S/C15H18N2O3/c1-4-20-15(18)9-16-17-14-8-6-5-7-13(14)11-19-10-12(2)3/h5-8H,2,4,10-11H2,1,3H3. The molecule has 0 spiro atoms. The molecule has 0 saturated heterocycles. The SMILES string of the molecule is C=C(C)COCc1ccccc1N=N[C+]=C([O-])OCC. The zero-order valence-corrected chi connectivity index (χ0v) is 11.8. The van der Waals surface area contributed by atoms with Gasteiger partial charge in [0.2, 0.25) is 0 Å². The van der Waals surface area contributed by atoms with Crippen LogP contribution in [0.3, 0.4) is 0 Å². The number of ether oxygens (including phenoxy) is 2. The van der Waals surface area contributed by atoms with Gasteiger partial charge in [0.1, 0.15) is 5.11 Å². The first-order valence-electron chi connectivity index (χ1n) is 6.27. The van der Waals surface area contributed by atoms with Crippen LogP contribution in [0.1, 0.15) is 19.4 Å². The largest absolute Gasteiger partial charge is 0.573 e. The number of benzene rings is 1. The first kappa shape index (κ1) is 15.8. The molecule has 1 aromatic rings. The van der Waals surface area contributed by atoms with Gasteiger partial charge in [0, 0.05) is 5.56 Å². The summed E-state index contributed by atoms with van der Waals surface area (Å²) < 4.78 is 10.1. The van der Waals surface area contributed by atoms with E-state index in [1.54, 1.807) is 13.0 Å². The maximum Gasteiger partial charge on any atom is 0.451 e. The second kappa shape index (κ2) is 8.80. The normalized spacial score (nSPS) is 11.4. The number of rotatable bonds is 8. The van der Waals surface area contributed by atoms with Crippen LogP contribution in [-0.2, 0) is 16.1 Å². The molecule has 20 heavy (non-hydrogen) atoms. The van der Waals surface area contributed by atoms with Crippen molar-refractivity contribution in [2.75, 3.05) is 13.2 Å². The van der Waals surface area contributed by atoms with Gasteiger partial charge in [0.25, 0.3) is 0 Å². The molecule has 1 rings (SSSR count). The molecule has 0 aliphatic heterocycles.